The summed E-state index contributed by atoms with van der Waals surface area (Å²) in [5, 5.41) is 7.73. The molecule has 26 heavy (non-hydrogen) atoms. The SMILES string of the molecule is COc1cccc2c1OCC([C@H]1CC(=O)Nc3c1c(C1CC1)nn3C)=C2. The van der Waals surface area contributed by atoms with E-state index in [1.54, 1.807) is 7.11 Å². The van der Waals surface area contributed by atoms with Gasteiger partial charge in [0.05, 0.1) is 12.8 Å². The first-order valence-corrected chi connectivity index (χ1v) is 9.02. The molecule has 2 aromatic rings. The Morgan fingerprint density at radius 3 is 2.96 bits per heavy atom. The number of carbonyl (C=O) groups is 1. The highest BCUT2D eigenvalue weighted by molar-refractivity contribution is 5.95. The zero-order valence-corrected chi connectivity index (χ0v) is 14.9. The quantitative estimate of drug-likeness (QED) is 0.922. The van der Waals surface area contributed by atoms with Crippen LogP contribution < -0.4 is 14.8 Å². The molecule has 3 aliphatic rings. The minimum absolute atomic E-state index is 0.0161. The van der Waals surface area contributed by atoms with Crippen molar-refractivity contribution in [3.8, 4) is 11.5 Å². The predicted molar refractivity (Wildman–Crippen MR) is 97.6 cm³/mol. The number of ether oxygens (including phenoxy) is 2. The van der Waals surface area contributed by atoms with E-state index in [9.17, 15) is 4.79 Å². The van der Waals surface area contributed by atoms with Crippen LogP contribution in [0, 0.1) is 0 Å². The van der Waals surface area contributed by atoms with Gasteiger partial charge in [-0.15, -0.1) is 0 Å². The number of aromatic nitrogens is 2. The molecule has 1 saturated carbocycles. The van der Waals surface area contributed by atoms with Gasteiger partial charge < -0.3 is 14.8 Å². The second kappa shape index (κ2) is 5.62. The van der Waals surface area contributed by atoms with E-state index < -0.39 is 0 Å². The Balaban J connectivity index is 1.61. The Kier molecular flexibility index (Phi) is 3.35. The Labute approximate surface area is 151 Å². The third kappa shape index (κ3) is 2.32. The van der Waals surface area contributed by atoms with Crippen LogP contribution in [0.4, 0.5) is 5.82 Å². The molecule has 1 aliphatic carbocycles. The number of carbonyl (C=O) groups excluding carboxylic acids is 1. The van der Waals surface area contributed by atoms with Gasteiger partial charge in [-0.25, -0.2) is 0 Å². The molecule has 134 valence electrons. The molecule has 0 radical (unpaired) electrons. The number of rotatable bonds is 3. The van der Waals surface area contributed by atoms with Gasteiger partial charge in [-0.2, -0.15) is 5.10 Å². The summed E-state index contributed by atoms with van der Waals surface area (Å²) >= 11 is 0. The number of nitrogens with one attached hydrogen (secondary N) is 1. The molecule has 0 saturated heterocycles. The Morgan fingerprint density at radius 1 is 1.35 bits per heavy atom. The number of methoxy groups -OCH3 is 1. The van der Waals surface area contributed by atoms with Gasteiger partial charge >= 0.3 is 0 Å². The van der Waals surface area contributed by atoms with Crippen LogP contribution >= 0.6 is 0 Å². The maximum atomic E-state index is 12.3. The number of hydrogen-bond donors (Lipinski definition) is 1. The molecule has 1 amide bonds. The lowest BCUT2D eigenvalue weighted by molar-refractivity contribution is -0.116. The van der Waals surface area contributed by atoms with Crippen LogP contribution in [0.5, 0.6) is 11.5 Å². The molecule has 0 spiro atoms. The van der Waals surface area contributed by atoms with Crippen molar-refractivity contribution >= 4 is 17.8 Å². The molecule has 3 heterocycles. The molecular weight excluding hydrogens is 330 g/mol. The summed E-state index contributed by atoms with van der Waals surface area (Å²) in [5.41, 5.74) is 4.44. The topological polar surface area (TPSA) is 65.4 Å². The maximum absolute atomic E-state index is 12.3. The zero-order chi connectivity index (χ0) is 17.8. The summed E-state index contributed by atoms with van der Waals surface area (Å²) in [4.78, 5) is 12.3. The van der Waals surface area contributed by atoms with Gasteiger partial charge in [-0.05, 0) is 30.6 Å². The highest BCUT2D eigenvalue weighted by Crippen LogP contribution is 2.49. The highest BCUT2D eigenvalue weighted by atomic mass is 16.5. The maximum Gasteiger partial charge on any atom is 0.226 e. The van der Waals surface area contributed by atoms with Gasteiger partial charge in [-0.3, -0.25) is 9.48 Å². The van der Waals surface area contributed by atoms with Crippen molar-refractivity contribution in [2.45, 2.75) is 31.1 Å². The largest absolute Gasteiger partial charge is 0.493 e. The minimum Gasteiger partial charge on any atom is -0.493 e. The van der Waals surface area contributed by atoms with E-state index in [-0.39, 0.29) is 11.8 Å². The predicted octanol–water partition coefficient (Wildman–Crippen LogP) is 3.21. The normalized spacial score (nSPS) is 21.2. The minimum atomic E-state index is 0.0161. The number of benzene rings is 1. The molecule has 0 bridgehead atoms. The molecule has 1 fully saturated rings. The molecule has 6 heteroatoms. The zero-order valence-electron chi connectivity index (χ0n) is 14.9. The van der Waals surface area contributed by atoms with Gasteiger partial charge in [0.15, 0.2) is 11.5 Å². The Morgan fingerprint density at radius 2 is 2.19 bits per heavy atom. The van der Waals surface area contributed by atoms with Crippen molar-refractivity contribution in [3.05, 3.63) is 40.6 Å². The average molecular weight is 351 g/mol. The fourth-order valence-electron chi connectivity index (χ4n) is 4.06. The molecule has 1 N–H and O–H groups in total. The number of amides is 1. The average Bonchev–Trinajstić information content (AvgIpc) is 3.45. The van der Waals surface area contributed by atoms with Crippen LogP contribution in [-0.2, 0) is 11.8 Å². The van der Waals surface area contributed by atoms with Crippen LogP contribution in [-0.4, -0.2) is 29.4 Å². The smallest absolute Gasteiger partial charge is 0.226 e. The lowest BCUT2D eigenvalue weighted by atomic mass is 9.83. The van der Waals surface area contributed by atoms with E-state index >= 15 is 0 Å². The lowest BCUT2D eigenvalue weighted by Gasteiger charge is -2.29. The number of para-hydroxylation sites is 1. The van der Waals surface area contributed by atoms with Crippen molar-refractivity contribution in [1.29, 1.82) is 0 Å². The van der Waals surface area contributed by atoms with E-state index in [2.05, 4.69) is 11.4 Å². The lowest BCUT2D eigenvalue weighted by Crippen LogP contribution is -2.27. The first-order chi connectivity index (χ1) is 12.7. The van der Waals surface area contributed by atoms with Gasteiger partial charge in [0.1, 0.15) is 12.4 Å². The van der Waals surface area contributed by atoms with Crippen LogP contribution in [0.2, 0.25) is 0 Å². The van der Waals surface area contributed by atoms with E-state index in [0.29, 0.717) is 18.9 Å². The van der Waals surface area contributed by atoms with E-state index in [1.165, 1.54) is 18.4 Å². The third-order valence-corrected chi connectivity index (χ3v) is 5.47. The Hall–Kier alpha value is -2.76. The third-order valence-electron chi connectivity index (χ3n) is 5.47. The monoisotopic (exact) mass is 351 g/mol. The van der Waals surface area contributed by atoms with Crippen molar-refractivity contribution in [1.82, 2.24) is 9.78 Å². The Bertz CT molecular complexity index is 940. The molecule has 6 nitrogen and oxygen atoms in total. The number of nitrogens with zero attached hydrogens (tertiary/aromatic N) is 2. The summed E-state index contributed by atoms with van der Waals surface area (Å²) in [6.45, 7) is 0.462. The van der Waals surface area contributed by atoms with Crippen molar-refractivity contribution in [2.24, 2.45) is 7.05 Å². The molecule has 1 aromatic carbocycles. The molecule has 1 aromatic heterocycles. The van der Waals surface area contributed by atoms with E-state index in [0.717, 1.165) is 34.1 Å². The van der Waals surface area contributed by atoms with Crippen LogP contribution in [0.3, 0.4) is 0 Å². The second-order valence-electron chi connectivity index (χ2n) is 7.24. The molecule has 2 aliphatic heterocycles. The van der Waals surface area contributed by atoms with Crippen molar-refractivity contribution in [2.75, 3.05) is 19.0 Å². The standard InChI is InChI=1S/C20H21N3O3/c1-23-20-17(18(22-23)11-6-7-11)14(9-16(24)21-20)13-8-12-4-3-5-15(25-2)19(12)26-10-13/h3-5,8,11,14H,6-7,9-10H2,1-2H3,(H,21,24)/t14-/m1/s1. The fourth-order valence-corrected chi connectivity index (χ4v) is 4.06. The molecule has 0 unspecified atom stereocenters. The first-order valence-electron chi connectivity index (χ1n) is 9.02. The number of anilines is 1. The summed E-state index contributed by atoms with van der Waals surface area (Å²) in [6.07, 6.45) is 4.95. The number of fused-ring (bicyclic) bond motifs is 2. The van der Waals surface area contributed by atoms with Gasteiger partial charge in [0.2, 0.25) is 5.91 Å². The summed E-state index contributed by atoms with van der Waals surface area (Å²) in [6, 6.07) is 5.88. The van der Waals surface area contributed by atoms with Gasteiger partial charge in [0.25, 0.3) is 0 Å². The van der Waals surface area contributed by atoms with Crippen molar-refractivity contribution < 1.29 is 14.3 Å². The highest BCUT2D eigenvalue weighted by Gasteiger charge is 2.39. The summed E-state index contributed by atoms with van der Waals surface area (Å²) in [7, 11) is 3.55. The van der Waals surface area contributed by atoms with Crippen LogP contribution in [0.1, 0.15) is 47.9 Å². The van der Waals surface area contributed by atoms with Crippen LogP contribution in [0.25, 0.3) is 6.08 Å². The molecule has 5 rings (SSSR count). The van der Waals surface area contributed by atoms with Crippen molar-refractivity contribution in [3.63, 3.8) is 0 Å². The van der Waals surface area contributed by atoms with E-state index in [4.69, 9.17) is 14.6 Å². The van der Waals surface area contributed by atoms with Crippen LogP contribution in [0.15, 0.2) is 23.8 Å². The van der Waals surface area contributed by atoms with Gasteiger partial charge in [0, 0.05) is 36.4 Å². The van der Waals surface area contributed by atoms with Gasteiger partial charge in [-0.1, -0.05) is 12.1 Å². The molecular formula is C20H21N3O3. The fraction of sp³-hybridized carbons (Fsp3) is 0.400. The number of aryl methyl sites for hydroxylation is 1. The van der Waals surface area contributed by atoms with E-state index in [1.807, 2.05) is 29.9 Å². The second-order valence-corrected chi connectivity index (χ2v) is 7.24. The summed E-state index contributed by atoms with van der Waals surface area (Å²) in [5.74, 6) is 2.92. The summed E-state index contributed by atoms with van der Waals surface area (Å²) < 4.78 is 13.2. The molecule has 1 atom stereocenters. The number of hydrogen-bond acceptors (Lipinski definition) is 4. The first kappa shape index (κ1) is 15.5.